The minimum Gasteiger partial charge on any atom is -0.508 e. The largest absolute Gasteiger partial charge is 0.508 e. The standard InChI is InChI=1S/C14H20O/c1-4-11(3)10-12(5-2)13-6-8-14(15)9-7-13/h6-10,12,15H,4-5H2,1-3H3/b11-10+/t12-/m1/s1. The molecule has 0 fully saturated rings. The molecule has 0 saturated carbocycles. The molecule has 1 aromatic carbocycles. The van der Waals surface area contributed by atoms with E-state index in [-0.39, 0.29) is 0 Å². The fourth-order valence-electron chi connectivity index (χ4n) is 1.63. The molecule has 1 aromatic rings. The third kappa shape index (κ3) is 3.43. The van der Waals surface area contributed by atoms with Crippen LogP contribution in [0.2, 0.25) is 0 Å². The molecule has 0 heterocycles. The second kappa shape index (κ2) is 5.59. The first-order valence-electron chi connectivity index (χ1n) is 5.63. The summed E-state index contributed by atoms with van der Waals surface area (Å²) >= 11 is 0. The first kappa shape index (κ1) is 11.8. The number of hydrogen-bond donors (Lipinski definition) is 1. The van der Waals surface area contributed by atoms with Gasteiger partial charge in [0.1, 0.15) is 5.75 Å². The molecular weight excluding hydrogens is 184 g/mol. The summed E-state index contributed by atoms with van der Waals surface area (Å²) in [6.07, 6.45) is 4.53. The van der Waals surface area contributed by atoms with Crippen LogP contribution in [0.15, 0.2) is 35.9 Å². The van der Waals surface area contributed by atoms with Gasteiger partial charge in [0.15, 0.2) is 0 Å². The van der Waals surface area contributed by atoms with Crippen molar-refractivity contribution in [3.63, 3.8) is 0 Å². The number of allylic oxidation sites excluding steroid dienone is 2. The molecule has 1 nitrogen and oxygen atoms in total. The Bertz CT molecular complexity index is 322. The van der Waals surface area contributed by atoms with Crippen molar-refractivity contribution in [1.82, 2.24) is 0 Å². The van der Waals surface area contributed by atoms with Gasteiger partial charge in [-0.3, -0.25) is 0 Å². The van der Waals surface area contributed by atoms with Crippen molar-refractivity contribution >= 4 is 0 Å². The number of phenolic OH excluding ortho intramolecular Hbond substituents is 1. The highest BCUT2D eigenvalue weighted by molar-refractivity contribution is 5.31. The van der Waals surface area contributed by atoms with Gasteiger partial charge < -0.3 is 5.11 Å². The van der Waals surface area contributed by atoms with E-state index in [2.05, 4.69) is 26.8 Å². The lowest BCUT2D eigenvalue weighted by Crippen LogP contribution is -1.94. The molecule has 0 aliphatic carbocycles. The third-order valence-electron chi connectivity index (χ3n) is 2.80. The van der Waals surface area contributed by atoms with E-state index < -0.39 is 0 Å². The SMILES string of the molecule is CC/C(C)=C/[C@@H](CC)c1ccc(O)cc1. The molecule has 0 unspecified atom stereocenters. The first-order chi connectivity index (χ1) is 7.17. The summed E-state index contributed by atoms with van der Waals surface area (Å²) in [6.45, 7) is 6.54. The number of hydrogen-bond acceptors (Lipinski definition) is 1. The Kier molecular flexibility index (Phi) is 4.41. The van der Waals surface area contributed by atoms with Crippen LogP contribution in [-0.2, 0) is 0 Å². The van der Waals surface area contributed by atoms with E-state index in [4.69, 9.17) is 0 Å². The lowest BCUT2D eigenvalue weighted by molar-refractivity contribution is 0.475. The molecule has 0 bridgehead atoms. The maximum absolute atomic E-state index is 9.22. The zero-order chi connectivity index (χ0) is 11.3. The highest BCUT2D eigenvalue weighted by atomic mass is 16.3. The van der Waals surface area contributed by atoms with E-state index in [1.165, 1.54) is 11.1 Å². The topological polar surface area (TPSA) is 20.2 Å². The van der Waals surface area contributed by atoms with E-state index in [0.29, 0.717) is 11.7 Å². The summed E-state index contributed by atoms with van der Waals surface area (Å²) < 4.78 is 0. The lowest BCUT2D eigenvalue weighted by atomic mass is 9.94. The fourth-order valence-corrected chi connectivity index (χ4v) is 1.63. The van der Waals surface area contributed by atoms with Crippen LogP contribution in [0.1, 0.15) is 45.1 Å². The summed E-state index contributed by atoms with van der Waals surface area (Å²) in [4.78, 5) is 0. The monoisotopic (exact) mass is 204 g/mol. The molecule has 1 N–H and O–H groups in total. The predicted octanol–water partition coefficient (Wildman–Crippen LogP) is 4.24. The Morgan fingerprint density at radius 3 is 2.33 bits per heavy atom. The minimum atomic E-state index is 0.338. The molecule has 1 rings (SSSR count). The van der Waals surface area contributed by atoms with Gasteiger partial charge in [-0.25, -0.2) is 0 Å². The van der Waals surface area contributed by atoms with E-state index in [9.17, 15) is 5.11 Å². The third-order valence-corrected chi connectivity index (χ3v) is 2.80. The number of rotatable bonds is 4. The van der Waals surface area contributed by atoms with Gasteiger partial charge >= 0.3 is 0 Å². The quantitative estimate of drug-likeness (QED) is 0.727. The van der Waals surface area contributed by atoms with Crippen molar-refractivity contribution < 1.29 is 5.11 Å². The van der Waals surface area contributed by atoms with Crippen LogP contribution in [0.4, 0.5) is 0 Å². The first-order valence-corrected chi connectivity index (χ1v) is 5.63. The number of phenols is 1. The molecular formula is C14H20O. The van der Waals surface area contributed by atoms with E-state index in [0.717, 1.165) is 12.8 Å². The van der Waals surface area contributed by atoms with E-state index >= 15 is 0 Å². The van der Waals surface area contributed by atoms with Gasteiger partial charge in [-0.1, -0.05) is 37.6 Å². The Balaban J connectivity index is 2.88. The molecule has 1 atom stereocenters. The van der Waals surface area contributed by atoms with Crippen LogP contribution in [0.5, 0.6) is 5.75 Å². The summed E-state index contributed by atoms with van der Waals surface area (Å²) in [5.41, 5.74) is 2.71. The van der Waals surface area contributed by atoms with Crippen molar-refractivity contribution in [3.05, 3.63) is 41.5 Å². The van der Waals surface area contributed by atoms with Crippen molar-refractivity contribution in [2.24, 2.45) is 0 Å². The van der Waals surface area contributed by atoms with Crippen LogP contribution in [-0.4, -0.2) is 5.11 Å². The molecule has 0 amide bonds. The van der Waals surface area contributed by atoms with Crippen LogP contribution in [0.25, 0.3) is 0 Å². The van der Waals surface area contributed by atoms with Gasteiger partial charge in [-0.15, -0.1) is 0 Å². The Hall–Kier alpha value is -1.24. The predicted molar refractivity (Wildman–Crippen MR) is 65.2 cm³/mol. The number of aromatic hydroxyl groups is 1. The highest BCUT2D eigenvalue weighted by Gasteiger charge is 2.05. The van der Waals surface area contributed by atoms with E-state index in [1.54, 1.807) is 12.1 Å². The maximum Gasteiger partial charge on any atom is 0.115 e. The average Bonchev–Trinajstić information content (AvgIpc) is 2.27. The minimum absolute atomic E-state index is 0.338. The summed E-state index contributed by atoms with van der Waals surface area (Å²) in [5, 5.41) is 9.22. The van der Waals surface area contributed by atoms with Crippen LogP contribution in [0.3, 0.4) is 0 Å². The van der Waals surface area contributed by atoms with Crippen molar-refractivity contribution in [1.29, 1.82) is 0 Å². The van der Waals surface area contributed by atoms with E-state index in [1.807, 2.05) is 12.1 Å². The molecule has 15 heavy (non-hydrogen) atoms. The summed E-state index contributed by atoms with van der Waals surface area (Å²) in [7, 11) is 0. The molecule has 82 valence electrons. The van der Waals surface area contributed by atoms with Gasteiger partial charge in [-0.2, -0.15) is 0 Å². The van der Waals surface area contributed by atoms with Gasteiger partial charge in [0.25, 0.3) is 0 Å². The second-order valence-corrected chi connectivity index (χ2v) is 3.97. The normalized spacial score (nSPS) is 13.9. The smallest absolute Gasteiger partial charge is 0.115 e. The highest BCUT2D eigenvalue weighted by Crippen LogP contribution is 2.24. The van der Waals surface area contributed by atoms with Crippen LogP contribution in [0, 0.1) is 0 Å². The van der Waals surface area contributed by atoms with Gasteiger partial charge in [-0.05, 0) is 37.5 Å². The summed E-state index contributed by atoms with van der Waals surface area (Å²) in [6, 6.07) is 7.52. The van der Waals surface area contributed by atoms with Crippen LogP contribution < -0.4 is 0 Å². The Labute approximate surface area is 92.5 Å². The molecule has 0 aliphatic heterocycles. The van der Waals surface area contributed by atoms with Gasteiger partial charge in [0.05, 0.1) is 0 Å². The molecule has 0 aromatic heterocycles. The lowest BCUT2D eigenvalue weighted by Gasteiger charge is -2.12. The molecule has 0 radical (unpaired) electrons. The molecule has 0 aliphatic rings. The summed E-state index contributed by atoms with van der Waals surface area (Å²) in [5.74, 6) is 0.815. The molecule has 0 saturated heterocycles. The average molecular weight is 204 g/mol. The zero-order valence-electron chi connectivity index (χ0n) is 9.83. The van der Waals surface area contributed by atoms with Crippen molar-refractivity contribution in [3.8, 4) is 5.75 Å². The second-order valence-electron chi connectivity index (χ2n) is 3.97. The fraction of sp³-hybridized carbons (Fsp3) is 0.429. The number of benzene rings is 1. The van der Waals surface area contributed by atoms with Crippen molar-refractivity contribution in [2.75, 3.05) is 0 Å². The molecule has 0 spiro atoms. The Morgan fingerprint density at radius 2 is 1.87 bits per heavy atom. The van der Waals surface area contributed by atoms with Crippen LogP contribution >= 0.6 is 0 Å². The molecule has 1 heteroatoms. The van der Waals surface area contributed by atoms with Crippen molar-refractivity contribution in [2.45, 2.75) is 39.5 Å². The maximum atomic E-state index is 9.22. The Morgan fingerprint density at radius 1 is 1.27 bits per heavy atom. The zero-order valence-corrected chi connectivity index (χ0v) is 9.83. The van der Waals surface area contributed by atoms with Gasteiger partial charge in [0, 0.05) is 5.92 Å². The van der Waals surface area contributed by atoms with Gasteiger partial charge in [0.2, 0.25) is 0 Å².